The zero-order valence-electron chi connectivity index (χ0n) is 10.9. The Hall–Kier alpha value is -1.29. The monoisotopic (exact) mass is 342 g/mol. The first-order chi connectivity index (χ1) is 9.97. The number of benzene rings is 2. The molecule has 108 valence electrons. The Bertz CT molecular complexity index is 827. The second kappa shape index (κ2) is 5.48. The highest BCUT2D eigenvalue weighted by atomic mass is 35.5. The molecule has 0 saturated heterocycles. The van der Waals surface area contributed by atoms with Crippen molar-refractivity contribution in [2.75, 3.05) is 0 Å². The van der Waals surface area contributed by atoms with Gasteiger partial charge in [0.05, 0.1) is 21.4 Å². The maximum absolute atomic E-state index is 13.4. The number of hydrogen-bond acceptors (Lipinski definition) is 1. The van der Waals surface area contributed by atoms with E-state index < -0.39 is 5.82 Å². The van der Waals surface area contributed by atoms with Gasteiger partial charge in [-0.15, -0.1) is 11.6 Å². The average molecular weight is 344 g/mol. The number of imidazole rings is 1. The van der Waals surface area contributed by atoms with Gasteiger partial charge in [0.1, 0.15) is 11.6 Å². The van der Waals surface area contributed by atoms with Crippen molar-refractivity contribution in [2.45, 2.75) is 12.3 Å². The zero-order chi connectivity index (χ0) is 15.1. The molecule has 3 aromatic rings. The molecule has 6 heteroatoms. The minimum absolute atomic E-state index is 0.0459. The van der Waals surface area contributed by atoms with Crippen LogP contribution in [0.5, 0.6) is 0 Å². The van der Waals surface area contributed by atoms with Crippen molar-refractivity contribution in [1.82, 2.24) is 9.55 Å². The van der Waals surface area contributed by atoms with Crippen molar-refractivity contribution in [3.05, 3.63) is 58.1 Å². The van der Waals surface area contributed by atoms with Gasteiger partial charge in [0.15, 0.2) is 0 Å². The van der Waals surface area contributed by atoms with Gasteiger partial charge < -0.3 is 0 Å². The van der Waals surface area contributed by atoms with Crippen molar-refractivity contribution >= 4 is 45.8 Å². The molecule has 21 heavy (non-hydrogen) atoms. The lowest BCUT2D eigenvalue weighted by Gasteiger charge is -2.11. The van der Waals surface area contributed by atoms with E-state index in [1.54, 1.807) is 24.3 Å². The summed E-state index contributed by atoms with van der Waals surface area (Å²) in [5.74, 6) is 0.181. The second-order valence-corrected chi connectivity index (χ2v) is 6.15. The van der Waals surface area contributed by atoms with Crippen molar-refractivity contribution in [1.29, 1.82) is 0 Å². The highest BCUT2D eigenvalue weighted by Crippen LogP contribution is 2.31. The summed E-state index contributed by atoms with van der Waals surface area (Å²) in [6.45, 7) is 1.83. The predicted molar refractivity (Wildman–Crippen MR) is 85.3 cm³/mol. The molecule has 2 aromatic carbocycles. The lowest BCUT2D eigenvalue weighted by molar-refractivity contribution is 0.627. The fourth-order valence-corrected chi connectivity index (χ4v) is 2.72. The first-order valence-corrected chi connectivity index (χ1v) is 7.44. The van der Waals surface area contributed by atoms with Gasteiger partial charge in [-0.2, -0.15) is 0 Å². The Labute approximate surface area is 136 Å². The molecule has 0 spiro atoms. The summed E-state index contributed by atoms with van der Waals surface area (Å²) >= 11 is 18.2. The van der Waals surface area contributed by atoms with Crippen LogP contribution in [-0.4, -0.2) is 9.55 Å². The number of hydrogen-bond donors (Lipinski definition) is 0. The highest BCUT2D eigenvalue weighted by molar-refractivity contribution is 6.31. The van der Waals surface area contributed by atoms with Gasteiger partial charge in [-0.05, 0) is 43.3 Å². The number of fused-ring (bicyclic) bond motifs is 1. The Morgan fingerprint density at radius 2 is 1.90 bits per heavy atom. The third kappa shape index (κ3) is 2.61. The number of rotatable bonds is 2. The fraction of sp³-hybridized carbons (Fsp3) is 0.133. The molecule has 0 aliphatic carbocycles. The van der Waals surface area contributed by atoms with E-state index in [1.807, 2.05) is 17.6 Å². The van der Waals surface area contributed by atoms with Crippen LogP contribution < -0.4 is 0 Å². The molecular weight excluding hydrogens is 334 g/mol. The molecule has 1 atom stereocenters. The van der Waals surface area contributed by atoms with Crippen molar-refractivity contribution < 1.29 is 4.39 Å². The van der Waals surface area contributed by atoms with E-state index in [-0.39, 0.29) is 10.4 Å². The Morgan fingerprint density at radius 3 is 2.57 bits per heavy atom. The minimum Gasteiger partial charge on any atom is -0.295 e. The largest absolute Gasteiger partial charge is 0.295 e. The van der Waals surface area contributed by atoms with Crippen LogP contribution in [0, 0.1) is 5.82 Å². The van der Waals surface area contributed by atoms with Crippen LogP contribution in [-0.2, 0) is 0 Å². The summed E-state index contributed by atoms with van der Waals surface area (Å²) < 4.78 is 15.2. The third-order valence-corrected chi connectivity index (χ3v) is 3.88. The van der Waals surface area contributed by atoms with Crippen LogP contribution in [0.1, 0.15) is 18.1 Å². The Balaban J connectivity index is 2.35. The lowest BCUT2D eigenvalue weighted by Crippen LogP contribution is -2.02. The van der Waals surface area contributed by atoms with Crippen LogP contribution in [0.4, 0.5) is 4.39 Å². The van der Waals surface area contributed by atoms with E-state index in [9.17, 15) is 4.39 Å². The number of alkyl halides is 1. The summed E-state index contributed by atoms with van der Waals surface area (Å²) in [6.07, 6.45) is 0. The van der Waals surface area contributed by atoms with Gasteiger partial charge in [0.25, 0.3) is 0 Å². The van der Waals surface area contributed by atoms with Gasteiger partial charge in [0, 0.05) is 10.7 Å². The summed E-state index contributed by atoms with van der Waals surface area (Å²) in [6, 6.07) is 9.87. The van der Waals surface area contributed by atoms with Crippen molar-refractivity contribution in [3.63, 3.8) is 0 Å². The Morgan fingerprint density at radius 1 is 1.14 bits per heavy atom. The van der Waals surface area contributed by atoms with Gasteiger partial charge >= 0.3 is 0 Å². The lowest BCUT2D eigenvalue weighted by atomic mass is 10.2. The van der Waals surface area contributed by atoms with E-state index in [2.05, 4.69) is 4.98 Å². The third-order valence-electron chi connectivity index (χ3n) is 3.16. The highest BCUT2D eigenvalue weighted by Gasteiger charge is 2.17. The van der Waals surface area contributed by atoms with E-state index in [1.165, 1.54) is 6.07 Å². The van der Waals surface area contributed by atoms with Gasteiger partial charge in [-0.3, -0.25) is 4.57 Å². The first-order valence-electron chi connectivity index (χ1n) is 6.25. The molecule has 0 fully saturated rings. The maximum atomic E-state index is 13.4. The molecule has 1 heterocycles. The van der Waals surface area contributed by atoms with Crippen LogP contribution in [0.2, 0.25) is 10.0 Å². The van der Waals surface area contributed by atoms with E-state index in [4.69, 9.17) is 34.8 Å². The van der Waals surface area contributed by atoms with Crippen LogP contribution in [0.3, 0.4) is 0 Å². The molecule has 0 radical (unpaired) electrons. The van der Waals surface area contributed by atoms with Crippen LogP contribution in [0.25, 0.3) is 16.7 Å². The molecule has 0 saturated carbocycles. The molecule has 1 unspecified atom stereocenters. The summed E-state index contributed by atoms with van der Waals surface area (Å²) in [4.78, 5) is 4.52. The van der Waals surface area contributed by atoms with Gasteiger partial charge in [-0.25, -0.2) is 9.37 Å². The molecule has 0 aliphatic rings. The van der Waals surface area contributed by atoms with Gasteiger partial charge in [-0.1, -0.05) is 23.2 Å². The van der Waals surface area contributed by atoms with E-state index in [0.29, 0.717) is 16.5 Å². The topological polar surface area (TPSA) is 17.8 Å². The minimum atomic E-state index is -0.469. The molecule has 0 aliphatic heterocycles. The van der Waals surface area contributed by atoms with Crippen molar-refractivity contribution in [3.8, 4) is 5.69 Å². The number of halogens is 4. The summed E-state index contributed by atoms with van der Waals surface area (Å²) in [5, 5.41) is 0.315. The normalized spacial score (nSPS) is 12.8. The second-order valence-electron chi connectivity index (χ2n) is 4.65. The van der Waals surface area contributed by atoms with E-state index in [0.717, 1.165) is 11.0 Å². The molecule has 2 nitrogen and oxygen atoms in total. The summed E-state index contributed by atoms with van der Waals surface area (Å²) in [7, 11) is 0. The molecule has 1 aromatic heterocycles. The maximum Gasteiger partial charge on any atom is 0.141 e. The SMILES string of the molecule is CC(Cl)c1nc2ccc(Cl)cc2n1-c1ccc(F)c(Cl)c1. The zero-order valence-corrected chi connectivity index (χ0v) is 13.2. The van der Waals surface area contributed by atoms with Crippen molar-refractivity contribution in [2.24, 2.45) is 0 Å². The molecule has 0 N–H and O–H groups in total. The average Bonchev–Trinajstić information content (AvgIpc) is 2.80. The van der Waals surface area contributed by atoms with Crippen LogP contribution >= 0.6 is 34.8 Å². The number of aromatic nitrogens is 2. The smallest absolute Gasteiger partial charge is 0.141 e. The molecule has 0 amide bonds. The molecular formula is C15H10Cl3FN2. The number of nitrogens with zero attached hydrogens (tertiary/aromatic N) is 2. The fourth-order valence-electron chi connectivity index (χ4n) is 2.23. The summed E-state index contributed by atoms with van der Waals surface area (Å²) in [5.41, 5.74) is 2.25. The Kier molecular flexibility index (Phi) is 3.82. The standard InChI is InChI=1S/C15H10Cl3FN2/c1-8(16)15-20-13-5-2-9(17)6-14(13)21(15)10-3-4-12(19)11(18)7-10/h2-8H,1H3. The predicted octanol–water partition coefficient (Wildman–Crippen LogP) is 5.77. The van der Waals surface area contributed by atoms with E-state index >= 15 is 0 Å². The molecule has 3 rings (SSSR count). The quantitative estimate of drug-likeness (QED) is 0.540. The van der Waals surface area contributed by atoms with Crippen LogP contribution in [0.15, 0.2) is 36.4 Å². The molecule has 0 bridgehead atoms. The van der Waals surface area contributed by atoms with Gasteiger partial charge in [0.2, 0.25) is 0 Å². The first kappa shape index (κ1) is 14.6.